The van der Waals surface area contributed by atoms with Gasteiger partial charge in [0.05, 0.1) is 22.5 Å². The fourth-order valence-corrected chi connectivity index (χ4v) is 3.33. The summed E-state index contributed by atoms with van der Waals surface area (Å²) in [5.41, 5.74) is 11.7. The monoisotopic (exact) mass is 433 g/mol. The lowest BCUT2D eigenvalue weighted by Crippen LogP contribution is -2.21. The van der Waals surface area contributed by atoms with Crippen LogP contribution in [0.5, 0.6) is 0 Å². The van der Waals surface area contributed by atoms with Crippen LogP contribution in [-0.2, 0) is 0 Å². The van der Waals surface area contributed by atoms with E-state index in [2.05, 4.69) is 15.2 Å². The van der Waals surface area contributed by atoms with Gasteiger partial charge in [0, 0.05) is 17.8 Å². The summed E-state index contributed by atoms with van der Waals surface area (Å²) in [5, 5.41) is 18.5. The van der Waals surface area contributed by atoms with Crippen LogP contribution < -0.4 is 11.5 Å². The highest BCUT2D eigenvalue weighted by Crippen LogP contribution is 2.33. The van der Waals surface area contributed by atoms with E-state index in [4.69, 9.17) is 34.7 Å². The third kappa shape index (κ3) is 3.88. The molecule has 9 nitrogen and oxygen atoms in total. The topological polar surface area (TPSA) is 137 Å². The molecule has 26 heavy (non-hydrogen) atoms. The fourth-order valence-electron chi connectivity index (χ4n) is 2.12. The number of nitrogens with zero attached hydrogens (tertiary/aromatic N) is 5. The van der Waals surface area contributed by atoms with Crippen LogP contribution in [0.15, 0.2) is 34.6 Å². The summed E-state index contributed by atoms with van der Waals surface area (Å²) in [5.74, 6) is -0.205. The lowest BCUT2D eigenvalue weighted by molar-refractivity contribution is -0.384. The van der Waals surface area contributed by atoms with Crippen LogP contribution in [0.4, 0.5) is 5.69 Å². The second-order valence-electron chi connectivity index (χ2n) is 4.73. The molecule has 3 aromatic rings. The Hall–Kier alpha value is -2.40. The van der Waals surface area contributed by atoms with Crippen molar-refractivity contribution in [1.82, 2.24) is 9.38 Å². The number of thiazole rings is 1. The van der Waals surface area contributed by atoms with Gasteiger partial charge in [-0.3, -0.25) is 14.5 Å². The van der Waals surface area contributed by atoms with Crippen molar-refractivity contribution in [1.29, 1.82) is 0 Å². The highest BCUT2D eigenvalue weighted by atomic mass is 35.5. The van der Waals surface area contributed by atoms with Crippen molar-refractivity contribution in [2.45, 2.75) is 0 Å². The first-order valence-electron chi connectivity index (χ1n) is 6.60. The summed E-state index contributed by atoms with van der Waals surface area (Å²) in [6.07, 6.45) is 3.04. The second-order valence-corrected chi connectivity index (χ2v) is 6.77. The average Bonchev–Trinajstić information content (AvgIpc) is 3.04. The molecule has 0 atom stereocenters. The molecule has 4 N–H and O–H groups in total. The Kier molecular flexibility index (Phi) is 6.03. The van der Waals surface area contributed by atoms with Crippen LogP contribution in [0.2, 0.25) is 9.36 Å². The van der Waals surface area contributed by atoms with Crippen LogP contribution in [0.25, 0.3) is 16.2 Å². The lowest BCUT2D eigenvalue weighted by Gasteiger charge is -2.01. The van der Waals surface area contributed by atoms with Crippen molar-refractivity contribution in [2.24, 2.45) is 21.7 Å². The van der Waals surface area contributed by atoms with E-state index >= 15 is 0 Å². The Morgan fingerprint density at radius 1 is 1.38 bits per heavy atom. The zero-order valence-corrected chi connectivity index (χ0v) is 15.8. The number of rotatable bonds is 4. The maximum atomic E-state index is 11.1. The molecule has 0 amide bonds. The maximum absolute atomic E-state index is 11.1. The largest absolute Gasteiger partial charge is 0.369 e. The summed E-state index contributed by atoms with van der Waals surface area (Å²) in [6.45, 7) is 0. The van der Waals surface area contributed by atoms with Crippen molar-refractivity contribution in [3.05, 3.63) is 49.6 Å². The van der Waals surface area contributed by atoms with Gasteiger partial charge in [-0.05, 0) is 6.07 Å². The number of benzene rings is 1. The van der Waals surface area contributed by atoms with Gasteiger partial charge in [0.1, 0.15) is 9.36 Å². The zero-order valence-electron chi connectivity index (χ0n) is 12.7. The summed E-state index contributed by atoms with van der Waals surface area (Å²) < 4.78 is 2.21. The van der Waals surface area contributed by atoms with E-state index in [0.717, 1.165) is 0 Å². The molecule has 2 heterocycles. The van der Waals surface area contributed by atoms with Crippen LogP contribution in [-0.4, -0.2) is 26.5 Å². The molecule has 2 aromatic heterocycles. The van der Waals surface area contributed by atoms with Gasteiger partial charge in [-0.25, -0.2) is 4.98 Å². The molecule has 0 saturated carbocycles. The van der Waals surface area contributed by atoms with Crippen molar-refractivity contribution >= 4 is 69.8 Å². The molecule has 0 aliphatic rings. The lowest BCUT2D eigenvalue weighted by atomic mass is 10.1. The summed E-state index contributed by atoms with van der Waals surface area (Å²) in [6, 6.07) is 4.40. The second kappa shape index (κ2) is 7.87. The van der Waals surface area contributed by atoms with Gasteiger partial charge in [0.2, 0.25) is 5.96 Å². The number of imidazole rings is 1. The SMILES string of the molecule is Cl.NC(N)=N/N=C/c1c(-c2ccc(Cl)c([N+](=O)[O-])c2)nc2sc(Cl)cn12. The molecule has 0 aliphatic heterocycles. The van der Waals surface area contributed by atoms with E-state index < -0.39 is 4.92 Å². The molecule has 0 radical (unpaired) electrons. The first-order valence-corrected chi connectivity index (χ1v) is 8.17. The molecule has 0 saturated heterocycles. The number of fused-ring (bicyclic) bond motifs is 1. The minimum Gasteiger partial charge on any atom is -0.369 e. The van der Waals surface area contributed by atoms with Crippen molar-refractivity contribution in [3.63, 3.8) is 0 Å². The normalized spacial score (nSPS) is 10.8. The molecule has 0 unspecified atom stereocenters. The number of nitro groups is 1. The van der Waals surface area contributed by atoms with Gasteiger partial charge in [0.15, 0.2) is 4.96 Å². The number of guanidine groups is 1. The smallest absolute Gasteiger partial charge is 0.288 e. The first kappa shape index (κ1) is 19.9. The minimum atomic E-state index is -0.561. The zero-order chi connectivity index (χ0) is 18.1. The molecule has 0 spiro atoms. The standard InChI is InChI=1S/C13H9Cl2N7O2S.ClH/c14-7-2-1-6(3-8(7)22(23)24)11-9(4-18-20-12(16)17)21-5-10(15)25-13(21)19-11;/h1-5H,(H4,16,17,20);1H/b18-4+;. The molecule has 1 aromatic carbocycles. The van der Waals surface area contributed by atoms with Crippen molar-refractivity contribution in [3.8, 4) is 11.3 Å². The Balaban J connectivity index is 0.00000243. The third-order valence-corrected chi connectivity index (χ3v) is 4.52. The summed E-state index contributed by atoms with van der Waals surface area (Å²) in [4.78, 5) is 15.6. The number of halogens is 3. The Morgan fingerprint density at radius 3 is 2.77 bits per heavy atom. The number of nitro benzene ring substituents is 1. The van der Waals surface area contributed by atoms with Crippen LogP contribution in [0.3, 0.4) is 0 Å². The van der Waals surface area contributed by atoms with Gasteiger partial charge in [-0.1, -0.05) is 40.6 Å². The Bertz CT molecular complexity index is 1040. The van der Waals surface area contributed by atoms with Gasteiger partial charge in [-0.15, -0.1) is 17.5 Å². The molecular formula is C13H10Cl3N7O2S. The highest BCUT2D eigenvalue weighted by Gasteiger charge is 2.19. The molecule has 0 bridgehead atoms. The molecule has 13 heteroatoms. The predicted octanol–water partition coefficient (Wildman–Crippen LogP) is 3.31. The number of hydrogen-bond donors (Lipinski definition) is 2. The third-order valence-electron chi connectivity index (χ3n) is 3.10. The van der Waals surface area contributed by atoms with Crippen LogP contribution in [0.1, 0.15) is 5.69 Å². The van der Waals surface area contributed by atoms with Crippen LogP contribution in [0, 0.1) is 10.1 Å². The van der Waals surface area contributed by atoms with E-state index in [0.29, 0.717) is 26.2 Å². The number of nitrogens with two attached hydrogens (primary N) is 2. The molecule has 3 rings (SSSR count). The number of hydrogen-bond acceptors (Lipinski definition) is 6. The molecule has 0 aliphatic carbocycles. The summed E-state index contributed by atoms with van der Waals surface area (Å²) in [7, 11) is 0. The van der Waals surface area contributed by atoms with E-state index in [1.165, 1.54) is 29.7 Å². The average molecular weight is 435 g/mol. The predicted molar refractivity (Wildman–Crippen MR) is 106 cm³/mol. The van der Waals surface area contributed by atoms with E-state index in [1.54, 1.807) is 16.7 Å². The minimum absolute atomic E-state index is 0. The maximum Gasteiger partial charge on any atom is 0.288 e. The van der Waals surface area contributed by atoms with Crippen molar-refractivity contribution < 1.29 is 4.92 Å². The molecule has 136 valence electrons. The molecular weight excluding hydrogens is 425 g/mol. The van der Waals surface area contributed by atoms with Gasteiger partial charge >= 0.3 is 0 Å². The van der Waals surface area contributed by atoms with Crippen molar-refractivity contribution in [2.75, 3.05) is 0 Å². The Morgan fingerprint density at radius 2 is 2.12 bits per heavy atom. The fraction of sp³-hybridized carbons (Fsp3) is 0. The number of aromatic nitrogens is 2. The first-order chi connectivity index (χ1) is 11.9. The quantitative estimate of drug-likeness (QED) is 0.281. The highest BCUT2D eigenvalue weighted by molar-refractivity contribution is 7.20. The van der Waals surface area contributed by atoms with Gasteiger partial charge < -0.3 is 11.5 Å². The molecule has 0 fully saturated rings. The Labute approximate surface area is 166 Å². The van der Waals surface area contributed by atoms with E-state index in [-0.39, 0.29) is 29.1 Å². The van der Waals surface area contributed by atoms with E-state index in [1.807, 2.05) is 0 Å². The van der Waals surface area contributed by atoms with Crippen LogP contribution >= 0.6 is 46.9 Å². The van der Waals surface area contributed by atoms with Gasteiger partial charge in [-0.2, -0.15) is 5.10 Å². The van der Waals surface area contributed by atoms with Gasteiger partial charge in [0.25, 0.3) is 5.69 Å². The van der Waals surface area contributed by atoms with E-state index in [9.17, 15) is 10.1 Å². The summed E-state index contributed by atoms with van der Waals surface area (Å²) >= 11 is 13.1.